The molecule has 0 aromatic heterocycles. The molecule has 0 bridgehead atoms. The molecule has 0 amide bonds. The summed E-state index contributed by atoms with van der Waals surface area (Å²) < 4.78 is 39.5. The summed E-state index contributed by atoms with van der Waals surface area (Å²) in [5, 5.41) is 0. The summed E-state index contributed by atoms with van der Waals surface area (Å²) in [7, 11) is 0. The number of carbonyl (C=O) groups is 2. The maximum absolute atomic E-state index is 11.7. The number of carbonyl (C=O) groups excluding carboxylic acids is 2. The van der Waals surface area contributed by atoms with Crippen molar-refractivity contribution in [2.75, 3.05) is 6.61 Å². The SMILES string of the molecule is CC#CCOC(=O)CCC(=O)C(F)(F)F. The molecule has 0 saturated carbocycles. The van der Waals surface area contributed by atoms with Crippen LogP contribution in [0.5, 0.6) is 0 Å². The second-order valence-corrected chi connectivity index (χ2v) is 2.51. The molecule has 0 rings (SSSR count). The van der Waals surface area contributed by atoms with Gasteiger partial charge < -0.3 is 4.74 Å². The lowest BCUT2D eigenvalue weighted by atomic mass is 10.2. The van der Waals surface area contributed by atoms with Crippen LogP contribution < -0.4 is 0 Å². The van der Waals surface area contributed by atoms with Gasteiger partial charge in [0.05, 0.1) is 6.42 Å². The van der Waals surface area contributed by atoms with Crippen LogP contribution in [0.3, 0.4) is 0 Å². The number of ketones is 1. The fraction of sp³-hybridized carbons (Fsp3) is 0.556. The van der Waals surface area contributed by atoms with E-state index in [1.807, 2.05) is 0 Å². The highest BCUT2D eigenvalue weighted by molar-refractivity contribution is 5.87. The predicted octanol–water partition coefficient (Wildman–Crippen LogP) is 1.46. The molecule has 0 unspecified atom stereocenters. The van der Waals surface area contributed by atoms with Crippen LogP contribution in [0.1, 0.15) is 19.8 Å². The van der Waals surface area contributed by atoms with Gasteiger partial charge in [-0.1, -0.05) is 5.92 Å². The van der Waals surface area contributed by atoms with Crippen LogP contribution in [-0.2, 0) is 14.3 Å². The van der Waals surface area contributed by atoms with Crippen molar-refractivity contribution in [3.63, 3.8) is 0 Å². The summed E-state index contributed by atoms with van der Waals surface area (Å²) in [5.74, 6) is 2.04. The van der Waals surface area contributed by atoms with Gasteiger partial charge in [-0.3, -0.25) is 9.59 Å². The highest BCUT2D eigenvalue weighted by atomic mass is 19.4. The van der Waals surface area contributed by atoms with Crippen molar-refractivity contribution in [2.45, 2.75) is 25.9 Å². The molecular formula is C9H9F3O3. The van der Waals surface area contributed by atoms with Gasteiger partial charge in [-0.05, 0) is 6.92 Å². The quantitative estimate of drug-likeness (QED) is 0.534. The first kappa shape index (κ1) is 13.5. The molecule has 0 spiro atoms. The van der Waals surface area contributed by atoms with E-state index in [2.05, 4.69) is 16.6 Å². The Kier molecular flexibility index (Phi) is 5.45. The summed E-state index contributed by atoms with van der Waals surface area (Å²) in [5.41, 5.74) is 0. The number of alkyl halides is 3. The Bertz CT molecular complexity index is 296. The van der Waals surface area contributed by atoms with Crippen molar-refractivity contribution < 1.29 is 27.5 Å². The lowest BCUT2D eigenvalue weighted by molar-refractivity contribution is -0.172. The number of rotatable bonds is 4. The average molecular weight is 222 g/mol. The van der Waals surface area contributed by atoms with E-state index in [-0.39, 0.29) is 6.61 Å². The van der Waals surface area contributed by atoms with Crippen molar-refractivity contribution in [1.82, 2.24) is 0 Å². The standard InChI is InChI=1S/C9H9F3O3/c1-2-3-6-15-8(14)5-4-7(13)9(10,11)12/h4-6H2,1H3. The Balaban J connectivity index is 3.80. The molecule has 0 aromatic rings. The van der Waals surface area contributed by atoms with Crippen LogP contribution in [0.15, 0.2) is 0 Å². The number of Topliss-reactive ketones (excluding diaryl/α,β-unsaturated/α-hetero) is 1. The first-order chi connectivity index (χ1) is 6.88. The normalized spacial score (nSPS) is 10.1. The lowest BCUT2D eigenvalue weighted by Crippen LogP contribution is -2.23. The van der Waals surface area contributed by atoms with Gasteiger partial charge >= 0.3 is 12.1 Å². The zero-order valence-electron chi connectivity index (χ0n) is 7.98. The minimum Gasteiger partial charge on any atom is -0.452 e. The smallest absolute Gasteiger partial charge is 0.449 e. The molecule has 0 aliphatic carbocycles. The second-order valence-electron chi connectivity index (χ2n) is 2.51. The molecule has 0 fully saturated rings. The van der Waals surface area contributed by atoms with Crippen LogP contribution in [0, 0.1) is 11.8 Å². The second kappa shape index (κ2) is 6.06. The molecule has 0 saturated heterocycles. The zero-order chi connectivity index (χ0) is 11.9. The molecule has 0 radical (unpaired) electrons. The minimum absolute atomic E-state index is 0.171. The molecule has 0 N–H and O–H groups in total. The van der Waals surface area contributed by atoms with Crippen LogP contribution >= 0.6 is 0 Å². The average Bonchev–Trinajstić information content (AvgIpc) is 2.13. The van der Waals surface area contributed by atoms with Gasteiger partial charge in [-0.25, -0.2) is 0 Å². The van der Waals surface area contributed by atoms with E-state index >= 15 is 0 Å². The molecule has 0 aliphatic heterocycles. The lowest BCUT2D eigenvalue weighted by Gasteiger charge is -2.04. The maximum Gasteiger partial charge on any atom is 0.449 e. The van der Waals surface area contributed by atoms with Gasteiger partial charge in [-0.2, -0.15) is 13.2 Å². The molecule has 84 valence electrons. The molecule has 6 heteroatoms. The van der Waals surface area contributed by atoms with E-state index in [0.717, 1.165) is 0 Å². The van der Waals surface area contributed by atoms with Crippen molar-refractivity contribution >= 4 is 11.8 Å². The largest absolute Gasteiger partial charge is 0.452 e. The van der Waals surface area contributed by atoms with E-state index in [1.54, 1.807) is 0 Å². The van der Waals surface area contributed by atoms with Crippen LogP contribution in [0.25, 0.3) is 0 Å². The monoisotopic (exact) mass is 222 g/mol. The first-order valence-electron chi connectivity index (χ1n) is 4.03. The maximum atomic E-state index is 11.7. The van der Waals surface area contributed by atoms with Crippen molar-refractivity contribution in [1.29, 1.82) is 0 Å². The fourth-order valence-electron chi connectivity index (χ4n) is 0.618. The molecule has 0 heterocycles. The van der Waals surface area contributed by atoms with Crippen LogP contribution in [0.2, 0.25) is 0 Å². The number of esters is 1. The molecule has 0 aromatic carbocycles. The highest BCUT2D eigenvalue weighted by Crippen LogP contribution is 2.18. The Labute approximate surface area is 84.6 Å². The third-order valence-corrected chi connectivity index (χ3v) is 1.35. The van der Waals surface area contributed by atoms with Gasteiger partial charge in [0.1, 0.15) is 0 Å². The Morgan fingerprint density at radius 2 is 1.87 bits per heavy atom. The molecule has 0 atom stereocenters. The summed E-state index contributed by atoms with van der Waals surface area (Å²) in [6.45, 7) is 1.36. The number of hydrogen-bond donors (Lipinski definition) is 0. The van der Waals surface area contributed by atoms with E-state index < -0.39 is 30.8 Å². The van der Waals surface area contributed by atoms with Gasteiger partial charge in [0.25, 0.3) is 0 Å². The van der Waals surface area contributed by atoms with E-state index in [9.17, 15) is 22.8 Å². The van der Waals surface area contributed by atoms with E-state index in [0.29, 0.717) is 0 Å². The van der Waals surface area contributed by atoms with Crippen LogP contribution in [0.4, 0.5) is 13.2 Å². The van der Waals surface area contributed by atoms with Crippen LogP contribution in [-0.4, -0.2) is 24.5 Å². The predicted molar refractivity (Wildman–Crippen MR) is 44.7 cm³/mol. The number of hydrogen-bond acceptors (Lipinski definition) is 3. The Morgan fingerprint density at radius 3 is 2.33 bits per heavy atom. The fourth-order valence-corrected chi connectivity index (χ4v) is 0.618. The summed E-state index contributed by atoms with van der Waals surface area (Å²) in [4.78, 5) is 21.1. The Morgan fingerprint density at radius 1 is 1.27 bits per heavy atom. The summed E-state index contributed by atoms with van der Waals surface area (Å²) in [6, 6.07) is 0. The molecule has 0 aliphatic rings. The highest BCUT2D eigenvalue weighted by Gasteiger charge is 2.37. The first-order valence-corrected chi connectivity index (χ1v) is 4.03. The zero-order valence-corrected chi connectivity index (χ0v) is 7.98. The Hall–Kier alpha value is -1.51. The third-order valence-electron chi connectivity index (χ3n) is 1.35. The van der Waals surface area contributed by atoms with Crippen molar-refractivity contribution in [3.8, 4) is 11.8 Å². The van der Waals surface area contributed by atoms with Crippen molar-refractivity contribution in [3.05, 3.63) is 0 Å². The van der Waals surface area contributed by atoms with Crippen molar-refractivity contribution in [2.24, 2.45) is 0 Å². The summed E-state index contributed by atoms with van der Waals surface area (Å²) in [6.07, 6.45) is -6.35. The van der Waals surface area contributed by atoms with Gasteiger partial charge in [0.15, 0.2) is 6.61 Å². The van der Waals surface area contributed by atoms with Gasteiger partial charge in [0.2, 0.25) is 5.78 Å². The van der Waals surface area contributed by atoms with Gasteiger partial charge in [0, 0.05) is 6.42 Å². The summed E-state index contributed by atoms with van der Waals surface area (Å²) >= 11 is 0. The number of halogens is 3. The molecule has 3 nitrogen and oxygen atoms in total. The van der Waals surface area contributed by atoms with Gasteiger partial charge in [-0.15, -0.1) is 5.92 Å². The molecule has 15 heavy (non-hydrogen) atoms. The van der Waals surface area contributed by atoms with E-state index in [4.69, 9.17) is 0 Å². The number of ether oxygens (including phenoxy) is 1. The minimum atomic E-state index is -4.89. The molecular weight excluding hydrogens is 213 g/mol. The van der Waals surface area contributed by atoms with E-state index in [1.165, 1.54) is 6.92 Å². The third kappa shape index (κ3) is 6.55. The topological polar surface area (TPSA) is 43.4 Å².